The standard InChI is InChI=1S/C20H28N2O7S/c1-2-28-19(24)10-7-11-21-18(23)15-29-20(25)16-8-6-9-17(14-16)30(26,27)22-12-4-3-5-13-22/h6,8-9,14H,2-5,7,10-13,15H2,1H3,(H,21,23). The minimum Gasteiger partial charge on any atom is -0.466 e. The Bertz CT molecular complexity index is 848. The first kappa shape index (κ1) is 23.8. The number of hydrogen-bond acceptors (Lipinski definition) is 7. The predicted molar refractivity (Wildman–Crippen MR) is 108 cm³/mol. The molecule has 0 unspecified atom stereocenters. The lowest BCUT2D eigenvalue weighted by atomic mass is 10.2. The highest BCUT2D eigenvalue weighted by atomic mass is 32.2. The fourth-order valence-corrected chi connectivity index (χ4v) is 4.56. The van der Waals surface area contributed by atoms with Crippen LogP contribution in [0.4, 0.5) is 0 Å². The van der Waals surface area contributed by atoms with Crippen molar-refractivity contribution in [3.8, 4) is 0 Å². The Balaban J connectivity index is 1.83. The number of esters is 2. The van der Waals surface area contributed by atoms with Gasteiger partial charge in [0, 0.05) is 26.1 Å². The highest BCUT2D eigenvalue weighted by Gasteiger charge is 2.26. The van der Waals surface area contributed by atoms with Crippen LogP contribution in [-0.4, -0.2) is 63.4 Å². The van der Waals surface area contributed by atoms with E-state index >= 15 is 0 Å². The minimum absolute atomic E-state index is 0.0299. The first-order valence-electron chi connectivity index (χ1n) is 10.0. The first-order valence-corrected chi connectivity index (χ1v) is 11.5. The quantitative estimate of drug-likeness (QED) is 0.432. The maximum Gasteiger partial charge on any atom is 0.338 e. The molecule has 0 saturated carbocycles. The molecule has 0 atom stereocenters. The number of ether oxygens (including phenoxy) is 2. The van der Waals surface area contributed by atoms with Crippen LogP contribution in [0.1, 0.15) is 49.4 Å². The monoisotopic (exact) mass is 440 g/mol. The molecule has 0 aromatic heterocycles. The fourth-order valence-electron chi connectivity index (χ4n) is 3.00. The second-order valence-electron chi connectivity index (χ2n) is 6.83. The van der Waals surface area contributed by atoms with Gasteiger partial charge in [-0.2, -0.15) is 4.31 Å². The molecule has 0 bridgehead atoms. The highest BCUT2D eigenvalue weighted by molar-refractivity contribution is 7.89. The van der Waals surface area contributed by atoms with Gasteiger partial charge in [0.2, 0.25) is 10.0 Å². The zero-order valence-corrected chi connectivity index (χ0v) is 17.9. The molecule has 1 aliphatic rings. The molecule has 1 heterocycles. The van der Waals surface area contributed by atoms with E-state index in [0.29, 0.717) is 26.1 Å². The van der Waals surface area contributed by atoms with Crippen LogP contribution in [0, 0.1) is 0 Å². The molecule has 1 aromatic rings. The maximum atomic E-state index is 12.7. The van der Waals surface area contributed by atoms with Gasteiger partial charge >= 0.3 is 11.9 Å². The van der Waals surface area contributed by atoms with Gasteiger partial charge in [-0.05, 0) is 44.4 Å². The van der Waals surface area contributed by atoms with Crippen molar-refractivity contribution in [1.29, 1.82) is 0 Å². The van der Waals surface area contributed by atoms with Crippen LogP contribution in [-0.2, 0) is 29.1 Å². The van der Waals surface area contributed by atoms with E-state index in [1.165, 1.54) is 28.6 Å². The summed E-state index contributed by atoms with van der Waals surface area (Å²) >= 11 is 0. The molecule has 0 aliphatic carbocycles. The normalized spacial score (nSPS) is 14.7. The Morgan fingerprint density at radius 3 is 2.53 bits per heavy atom. The fraction of sp³-hybridized carbons (Fsp3) is 0.550. The third-order valence-corrected chi connectivity index (χ3v) is 6.44. The Labute approximate surface area is 176 Å². The molecule has 10 heteroatoms. The summed E-state index contributed by atoms with van der Waals surface area (Å²) < 4.78 is 36.7. The van der Waals surface area contributed by atoms with Crippen LogP contribution in [0.5, 0.6) is 0 Å². The van der Waals surface area contributed by atoms with Crippen molar-refractivity contribution in [3.63, 3.8) is 0 Å². The summed E-state index contributed by atoms with van der Waals surface area (Å²) in [5, 5.41) is 2.54. The summed E-state index contributed by atoms with van der Waals surface area (Å²) in [6.45, 7) is 2.70. The summed E-state index contributed by atoms with van der Waals surface area (Å²) in [6.07, 6.45) is 3.23. The van der Waals surface area contributed by atoms with Crippen molar-refractivity contribution < 1.29 is 32.3 Å². The number of rotatable bonds is 10. The molecule has 1 saturated heterocycles. The van der Waals surface area contributed by atoms with Gasteiger partial charge in [0.15, 0.2) is 6.61 Å². The summed E-state index contributed by atoms with van der Waals surface area (Å²) in [5.41, 5.74) is 0.0585. The molecule has 1 aliphatic heterocycles. The van der Waals surface area contributed by atoms with E-state index in [2.05, 4.69) is 5.32 Å². The number of nitrogens with zero attached hydrogens (tertiary/aromatic N) is 1. The van der Waals surface area contributed by atoms with E-state index in [1.54, 1.807) is 6.92 Å². The molecule has 30 heavy (non-hydrogen) atoms. The van der Waals surface area contributed by atoms with Gasteiger partial charge in [-0.25, -0.2) is 13.2 Å². The van der Waals surface area contributed by atoms with Crippen LogP contribution in [0.2, 0.25) is 0 Å². The number of sulfonamides is 1. The third-order valence-electron chi connectivity index (χ3n) is 4.54. The zero-order valence-electron chi connectivity index (χ0n) is 17.1. The van der Waals surface area contributed by atoms with Gasteiger partial charge in [0.1, 0.15) is 0 Å². The van der Waals surface area contributed by atoms with E-state index < -0.39 is 28.5 Å². The Kier molecular flexibility index (Phi) is 9.25. The van der Waals surface area contributed by atoms with Gasteiger partial charge in [0.05, 0.1) is 17.1 Å². The van der Waals surface area contributed by atoms with E-state index in [1.807, 2.05) is 0 Å². The van der Waals surface area contributed by atoms with Gasteiger partial charge < -0.3 is 14.8 Å². The van der Waals surface area contributed by atoms with Crippen LogP contribution >= 0.6 is 0 Å². The number of piperidine rings is 1. The van der Waals surface area contributed by atoms with Gasteiger partial charge in [-0.1, -0.05) is 12.5 Å². The average molecular weight is 441 g/mol. The van der Waals surface area contributed by atoms with Crippen molar-refractivity contribution in [2.24, 2.45) is 0 Å². The molecule has 0 radical (unpaired) electrons. The number of amides is 1. The van der Waals surface area contributed by atoms with Gasteiger partial charge in [-0.3, -0.25) is 9.59 Å². The maximum absolute atomic E-state index is 12.7. The van der Waals surface area contributed by atoms with Crippen LogP contribution in [0.15, 0.2) is 29.2 Å². The number of carbonyl (C=O) groups excluding carboxylic acids is 3. The summed E-state index contributed by atoms with van der Waals surface area (Å²) in [5.74, 6) is -1.63. The second kappa shape index (κ2) is 11.7. The van der Waals surface area contributed by atoms with Crippen molar-refractivity contribution in [3.05, 3.63) is 29.8 Å². The number of benzene rings is 1. The van der Waals surface area contributed by atoms with Crippen molar-refractivity contribution >= 4 is 27.9 Å². The van der Waals surface area contributed by atoms with Crippen molar-refractivity contribution in [1.82, 2.24) is 9.62 Å². The summed E-state index contributed by atoms with van der Waals surface area (Å²) in [6, 6.07) is 5.62. The first-order chi connectivity index (χ1) is 14.3. The molecule has 1 aromatic carbocycles. The van der Waals surface area contributed by atoms with Crippen LogP contribution in [0.3, 0.4) is 0 Å². The van der Waals surface area contributed by atoms with Gasteiger partial charge in [0.25, 0.3) is 5.91 Å². The van der Waals surface area contributed by atoms with Crippen LogP contribution in [0.25, 0.3) is 0 Å². The molecule has 9 nitrogen and oxygen atoms in total. The molecule has 1 fully saturated rings. The largest absolute Gasteiger partial charge is 0.466 e. The summed E-state index contributed by atoms with van der Waals surface area (Å²) in [4.78, 5) is 35.2. The SMILES string of the molecule is CCOC(=O)CCCNC(=O)COC(=O)c1cccc(S(=O)(=O)N2CCCCC2)c1. The Hall–Kier alpha value is -2.46. The van der Waals surface area contributed by atoms with E-state index in [9.17, 15) is 22.8 Å². The minimum atomic E-state index is -3.67. The zero-order chi connectivity index (χ0) is 22.0. The lowest BCUT2D eigenvalue weighted by Crippen LogP contribution is -2.35. The third kappa shape index (κ3) is 7.10. The number of carbonyl (C=O) groups is 3. The van der Waals surface area contributed by atoms with E-state index in [4.69, 9.17) is 9.47 Å². The smallest absolute Gasteiger partial charge is 0.338 e. The number of nitrogens with one attached hydrogen (secondary N) is 1. The van der Waals surface area contributed by atoms with E-state index in [-0.39, 0.29) is 29.4 Å². The van der Waals surface area contributed by atoms with Crippen molar-refractivity contribution in [2.75, 3.05) is 32.8 Å². The van der Waals surface area contributed by atoms with Gasteiger partial charge in [-0.15, -0.1) is 0 Å². The molecule has 1 N–H and O–H groups in total. The highest BCUT2D eigenvalue weighted by Crippen LogP contribution is 2.21. The Morgan fingerprint density at radius 2 is 1.83 bits per heavy atom. The lowest BCUT2D eigenvalue weighted by molar-refractivity contribution is -0.143. The lowest BCUT2D eigenvalue weighted by Gasteiger charge is -2.25. The molecular weight excluding hydrogens is 412 g/mol. The Morgan fingerprint density at radius 1 is 1.10 bits per heavy atom. The van der Waals surface area contributed by atoms with Crippen molar-refractivity contribution in [2.45, 2.75) is 43.9 Å². The van der Waals surface area contributed by atoms with Crippen LogP contribution < -0.4 is 5.32 Å². The second-order valence-corrected chi connectivity index (χ2v) is 8.77. The predicted octanol–water partition coefficient (Wildman–Crippen LogP) is 1.48. The summed E-state index contributed by atoms with van der Waals surface area (Å²) in [7, 11) is -3.67. The molecule has 0 spiro atoms. The molecule has 1 amide bonds. The topological polar surface area (TPSA) is 119 Å². The van der Waals surface area contributed by atoms with E-state index in [0.717, 1.165) is 19.3 Å². The average Bonchev–Trinajstić information content (AvgIpc) is 2.76. The molecule has 2 rings (SSSR count). The molecular formula is C20H28N2O7S. The molecule has 166 valence electrons. The number of hydrogen-bond donors (Lipinski definition) is 1.